The molecule has 7 heteroatoms. The molecule has 2 aromatic carbocycles. The highest BCUT2D eigenvalue weighted by Gasteiger charge is 2.29. The Morgan fingerprint density at radius 3 is 2.24 bits per heavy atom. The number of hydrogen-bond acceptors (Lipinski definition) is 3. The van der Waals surface area contributed by atoms with Crippen LogP contribution in [0.25, 0.3) is 5.69 Å². The highest BCUT2D eigenvalue weighted by Crippen LogP contribution is 2.30. The Hall–Kier alpha value is -3.48. The van der Waals surface area contributed by atoms with Gasteiger partial charge >= 0.3 is 0 Å². The summed E-state index contributed by atoms with van der Waals surface area (Å²) in [5.41, 5.74) is 3.22. The Bertz CT molecular complexity index is 1040. The fourth-order valence-electron chi connectivity index (χ4n) is 3.13. The first kappa shape index (κ1) is 18.9. The quantitative estimate of drug-likeness (QED) is 0.661. The second kappa shape index (κ2) is 7.87. The van der Waals surface area contributed by atoms with Crippen molar-refractivity contribution in [3.05, 3.63) is 71.8 Å². The Morgan fingerprint density at radius 2 is 1.66 bits per heavy atom. The van der Waals surface area contributed by atoms with Crippen LogP contribution in [0.15, 0.2) is 54.7 Å². The predicted molar refractivity (Wildman–Crippen MR) is 109 cm³/mol. The summed E-state index contributed by atoms with van der Waals surface area (Å²) in [6.45, 7) is 1.94. The Balaban J connectivity index is 1.48. The molecule has 4 rings (SSSR count). The van der Waals surface area contributed by atoms with Crippen LogP contribution in [-0.4, -0.2) is 21.6 Å². The molecule has 0 radical (unpaired) electrons. The van der Waals surface area contributed by atoms with Crippen molar-refractivity contribution in [3.63, 3.8) is 0 Å². The minimum atomic E-state index is -0.325. The zero-order valence-electron chi connectivity index (χ0n) is 16.0. The predicted octanol–water partition coefficient (Wildman–Crippen LogP) is 4.17. The van der Waals surface area contributed by atoms with E-state index in [9.17, 15) is 14.0 Å². The Kier molecular flexibility index (Phi) is 5.12. The molecule has 1 aliphatic carbocycles. The summed E-state index contributed by atoms with van der Waals surface area (Å²) < 4.78 is 14.8. The highest BCUT2D eigenvalue weighted by atomic mass is 19.1. The number of carbonyl (C=O) groups is 2. The average molecular weight is 392 g/mol. The first-order chi connectivity index (χ1) is 14.0. The third kappa shape index (κ3) is 4.18. The van der Waals surface area contributed by atoms with E-state index in [-0.39, 0.29) is 23.5 Å². The standard InChI is InChI=1S/C22H21FN4O2/c1-2-20-19(13-24-27(20)18-11-5-15(23)6-12-18)22(29)26-17-9-7-16(8-10-17)25-21(28)14-3-4-14/h5-14H,2-4H2,1H3,(H,25,28)(H,26,29). The zero-order chi connectivity index (χ0) is 20.4. The summed E-state index contributed by atoms with van der Waals surface area (Å²) in [6, 6.07) is 13.0. The molecule has 2 amide bonds. The average Bonchev–Trinajstić information content (AvgIpc) is 3.49. The van der Waals surface area contributed by atoms with Crippen LogP contribution < -0.4 is 10.6 Å². The van der Waals surface area contributed by atoms with Crippen LogP contribution in [0.4, 0.5) is 15.8 Å². The molecule has 0 unspecified atom stereocenters. The molecule has 0 bridgehead atoms. The van der Waals surface area contributed by atoms with Gasteiger partial charge in [0.25, 0.3) is 5.91 Å². The molecule has 2 N–H and O–H groups in total. The Morgan fingerprint density at radius 1 is 1.03 bits per heavy atom. The summed E-state index contributed by atoms with van der Waals surface area (Å²) in [5.74, 6) is -0.416. The van der Waals surface area contributed by atoms with E-state index in [2.05, 4.69) is 15.7 Å². The highest BCUT2D eigenvalue weighted by molar-refractivity contribution is 6.05. The van der Waals surface area contributed by atoms with E-state index in [0.717, 1.165) is 18.5 Å². The summed E-state index contributed by atoms with van der Waals surface area (Å²) in [7, 11) is 0. The maximum atomic E-state index is 13.2. The van der Waals surface area contributed by atoms with Crippen molar-refractivity contribution in [3.8, 4) is 5.69 Å². The number of aromatic nitrogens is 2. The molecule has 0 saturated heterocycles. The van der Waals surface area contributed by atoms with E-state index in [1.807, 2.05) is 6.92 Å². The topological polar surface area (TPSA) is 76.0 Å². The van der Waals surface area contributed by atoms with Gasteiger partial charge in [0.05, 0.1) is 23.1 Å². The van der Waals surface area contributed by atoms with Gasteiger partial charge in [0.15, 0.2) is 0 Å². The van der Waals surface area contributed by atoms with Crippen LogP contribution in [0.2, 0.25) is 0 Å². The third-order valence-electron chi connectivity index (χ3n) is 4.88. The normalized spacial score (nSPS) is 13.2. The van der Waals surface area contributed by atoms with Gasteiger partial charge in [-0.2, -0.15) is 5.10 Å². The van der Waals surface area contributed by atoms with Gasteiger partial charge in [-0.3, -0.25) is 9.59 Å². The summed E-state index contributed by atoms with van der Waals surface area (Å²) in [4.78, 5) is 24.6. The number of rotatable bonds is 6. The summed E-state index contributed by atoms with van der Waals surface area (Å²) >= 11 is 0. The first-order valence-electron chi connectivity index (χ1n) is 9.60. The lowest BCUT2D eigenvalue weighted by atomic mass is 10.1. The van der Waals surface area contributed by atoms with Gasteiger partial charge in [-0.1, -0.05) is 6.92 Å². The van der Waals surface area contributed by atoms with Crippen LogP contribution in [0, 0.1) is 11.7 Å². The first-order valence-corrected chi connectivity index (χ1v) is 9.60. The third-order valence-corrected chi connectivity index (χ3v) is 4.88. The summed E-state index contributed by atoms with van der Waals surface area (Å²) in [6.07, 6.45) is 4.00. The molecule has 1 fully saturated rings. The van der Waals surface area contributed by atoms with Crippen molar-refractivity contribution in [2.75, 3.05) is 10.6 Å². The van der Waals surface area contributed by atoms with Crippen molar-refractivity contribution in [1.82, 2.24) is 9.78 Å². The van der Waals surface area contributed by atoms with Crippen LogP contribution in [-0.2, 0) is 11.2 Å². The molecule has 29 heavy (non-hydrogen) atoms. The number of halogens is 1. The lowest BCUT2D eigenvalue weighted by Gasteiger charge is -2.09. The molecule has 3 aromatic rings. The number of benzene rings is 2. The van der Waals surface area contributed by atoms with Gasteiger partial charge in [-0.15, -0.1) is 0 Å². The monoisotopic (exact) mass is 392 g/mol. The van der Waals surface area contributed by atoms with Crippen molar-refractivity contribution < 1.29 is 14.0 Å². The molecule has 0 aliphatic heterocycles. The van der Waals surface area contributed by atoms with Crippen molar-refractivity contribution in [2.24, 2.45) is 5.92 Å². The molecular weight excluding hydrogens is 371 g/mol. The van der Waals surface area contributed by atoms with E-state index in [4.69, 9.17) is 0 Å². The van der Waals surface area contributed by atoms with Crippen molar-refractivity contribution >= 4 is 23.2 Å². The second-order valence-corrected chi connectivity index (χ2v) is 7.04. The molecular formula is C22H21FN4O2. The largest absolute Gasteiger partial charge is 0.326 e. The van der Waals surface area contributed by atoms with Gasteiger partial charge in [-0.25, -0.2) is 9.07 Å². The van der Waals surface area contributed by atoms with E-state index >= 15 is 0 Å². The smallest absolute Gasteiger partial charge is 0.259 e. The summed E-state index contributed by atoms with van der Waals surface area (Å²) in [5, 5.41) is 10.0. The maximum Gasteiger partial charge on any atom is 0.259 e. The van der Waals surface area contributed by atoms with Gasteiger partial charge in [-0.05, 0) is 67.8 Å². The number of anilines is 2. The van der Waals surface area contributed by atoms with Crippen LogP contribution in [0.3, 0.4) is 0 Å². The Labute approximate surface area is 167 Å². The van der Waals surface area contributed by atoms with Crippen LogP contribution in [0.5, 0.6) is 0 Å². The SMILES string of the molecule is CCc1c(C(=O)Nc2ccc(NC(=O)C3CC3)cc2)cnn1-c1ccc(F)cc1. The van der Waals surface area contributed by atoms with Crippen LogP contribution >= 0.6 is 0 Å². The van der Waals surface area contributed by atoms with Gasteiger partial charge in [0, 0.05) is 17.3 Å². The number of carbonyl (C=O) groups excluding carboxylic acids is 2. The molecule has 6 nitrogen and oxygen atoms in total. The second-order valence-electron chi connectivity index (χ2n) is 7.04. The molecule has 0 spiro atoms. The maximum absolute atomic E-state index is 13.2. The molecule has 148 valence electrons. The molecule has 1 aromatic heterocycles. The number of nitrogens with one attached hydrogen (secondary N) is 2. The zero-order valence-corrected chi connectivity index (χ0v) is 16.0. The van der Waals surface area contributed by atoms with E-state index < -0.39 is 0 Å². The fraction of sp³-hybridized carbons (Fsp3) is 0.227. The molecule has 1 saturated carbocycles. The lowest BCUT2D eigenvalue weighted by molar-refractivity contribution is -0.117. The van der Waals surface area contributed by atoms with E-state index in [1.165, 1.54) is 18.3 Å². The van der Waals surface area contributed by atoms with Crippen molar-refractivity contribution in [1.29, 1.82) is 0 Å². The number of hydrogen-bond donors (Lipinski definition) is 2. The lowest BCUT2D eigenvalue weighted by Crippen LogP contribution is -2.15. The molecule has 0 atom stereocenters. The van der Waals surface area contributed by atoms with Gasteiger partial charge in [0.1, 0.15) is 5.82 Å². The number of amides is 2. The number of nitrogens with zero attached hydrogens (tertiary/aromatic N) is 2. The van der Waals surface area contributed by atoms with E-state index in [0.29, 0.717) is 29.0 Å². The molecule has 1 aliphatic rings. The fourth-order valence-corrected chi connectivity index (χ4v) is 3.13. The minimum Gasteiger partial charge on any atom is -0.326 e. The van der Waals surface area contributed by atoms with Crippen LogP contribution in [0.1, 0.15) is 35.8 Å². The van der Waals surface area contributed by atoms with Crippen molar-refractivity contribution in [2.45, 2.75) is 26.2 Å². The van der Waals surface area contributed by atoms with Gasteiger partial charge in [0.2, 0.25) is 5.91 Å². The minimum absolute atomic E-state index is 0.0441. The molecule has 1 heterocycles. The van der Waals surface area contributed by atoms with Gasteiger partial charge < -0.3 is 10.6 Å². The van der Waals surface area contributed by atoms with E-state index in [1.54, 1.807) is 41.1 Å².